The van der Waals surface area contributed by atoms with Crippen molar-refractivity contribution in [3.05, 3.63) is 29.8 Å². The highest BCUT2D eigenvalue weighted by molar-refractivity contribution is 5.27. The van der Waals surface area contributed by atoms with E-state index in [0.717, 1.165) is 18.9 Å². The van der Waals surface area contributed by atoms with Gasteiger partial charge in [-0.2, -0.15) is 0 Å². The van der Waals surface area contributed by atoms with Gasteiger partial charge in [0, 0.05) is 6.04 Å². The largest absolute Gasteiger partial charge is 0.492 e. The van der Waals surface area contributed by atoms with Gasteiger partial charge in [0.1, 0.15) is 12.4 Å². The molecule has 1 aliphatic rings. The van der Waals surface area contributed by atoms with Gasteiger partial charge in [0.15, 0.2) is 0 Å². The molecule has 0 spiro atoms. The highest BCUT2D eigenvalue weighted by atomic mass is 16.5. The lowest BCUT2D eigenvalue weighted by Crippen LogP contribution is -2.38. The first kappa shape index (κ1) is 10.5. The Bertz CT molecular complexity index is 305. The Morgan fingerprint density at radius 1 is 1.40 bits per heavy atom. The number of aryl methyl sites for hydroxylation is 1. The van der Waals surface area contributed by atoms with Crippen LogP contribution in [0, 0.1) is 6.92 Å². The molecule has 2 rings (SSSR count). The molecular formula is C13H19NO. The van der Waals surface area contributed by atoms with Crippen molar-refractivity contribution in [2.75, 3.05) is 13.2 Å². The second-order valence-electron chi connectivity index (χ2n) is 4.27. The van der Waals surface area contributed by atoms with Gasteiger partial charge < -0.3 is 10.1 Å². The average molecular weight is 205 g/mol. The lowest BCUT2D eigenvalue weighted by atomic mass is 10.1. The molecule has 1 aromatic rings. The molecular weight excluding hydrogens is 186 g/mol. The maximum atomic E-state index is 5.76. The monoisotopic (exact) mass is 205 g/mol. The molecule has 1 fully saturated rings. The Morgan fingerprint density at radius 2 is 2.33 bits per heavy atom. The summed E-state index contributed by atoms with van der Waals surface area (Å²) in [4.78, 5) is 0. The number of hydrogen-bond donors (Lipinski definition) is 1. The van der Waals surface area contributed by atoms with Crippen LogP contribution in [-0.4, -0.2) is 19.2 Å². The highest BCUT2D eigenvalue weighted by Gasteiger charge is 2.12. The molecule has 0 aromatic heterocycles. The minimum atomic E-state index is 0.541. The summed E-state index contributed by atoms with van der Waals surface area (Å²) in [7, 11) is 0. The van der Waals surface area contributed by atoms with Gasteiger partial charge in [0.25, 0.3) is 0 Å². The molecule has 82 valence electrons. The summed E-state index contributed by atoms with van der Waals surface area (Å²) in [5.41, 5.74) is 1.25. The molecule has 0 radical (unpaired) electrons. The normalized spacial score (nSPS) is 21.3. The topological polar surface area (TPSA) is 21.3 Å². The van der Waals surface area contributed by atoms with Gasteiger partial charge in [-0.15, -0.1) is 0 Å². The molecule has 1 heterocycles. The lowest BCUT2D eigenvalue weighted by Gasteiger charge is -2.23. The number of rotatable bonds is 3. The highest BCUT2D eigenvalue weighted by Crippen LogP contribution is 2.14. The van der Waals surface area contributed by atoms with Crippen LogP contribution in [0.25, 0.3) is 0 Å². The molecule has 0 amide bonds. The van der Waals surface area contributed by atoms with E-state index < -0.39 is 0 Å². The molecule has 0 aliphatic carbocycles. The van der Waals surface area contributed by atoms with Crippen LogP contribution < -0.4 is 10.1 Å². The van der Waals surface area contributed by atoms with Crippen LogP contribution in [0.5, 0.6) is 5.75 Å². The predicted octanol–water partition coefficient (Wildman–Crippen LogP) is 2.52. The van der Waals surface area contributed by atoms with E-state index in [1.54, 1.807) is 0 Å². The Hall–Kier alpha value is -1.02. The molecule has 0 saturated carbocycles. The standard InChI is InChI=1S/C13H19NO/c1-11-5-4-7-13(9-11)15-10-12-6-2-3-8-14-12/h4-5,7,9,12,14H,2-3,6,8,10H2,1H3. The SMILES string of the molecule is Cc1cccc(OCC2CCCCN2)c1. The number of nitrogens with one attached hydrogen (secondary N) is 1. The van der Waals surface area contributed by atoms with Crippen molar-refractivity contribution >= 4 is 0 Å². The Morgan fingerprint density at radius 3 is 3.07 bits per heavy atom. The van der Waals surface area contributed by atoms with Crippen molar-refractivity contribution in [2.24, 2.45) is 0 Å². The third-order valence-corrected chi connectivity index (χ3v) is 2.85. The minimum Gasteiger partial charge on any atom is -0.492 e. The first-order valence-corrected chi connectivity index (χ1v) is 5.77. The number of benzene rings is 1. The van der Waals surface area contributed by atoms with E-state index in [4.69, 9.17) is 4.74 Å². The summed E-state index contributed by atoms with van der Waals surface area (Å²) in [6.07, 6.45) is 3.88. The van der Waals surface area contributed by atoms with Gasteiger partial charge in [-0.25, -0.2) is 0 Å². The molecule has 1 saturated heterocycles. The first-order chi connectivity index (χ1) is 7.34. The van der Waals surface area contributed by atoms with Crippen molar-refractivity contribution in [3.8, 4) is 5.75 Å². The number of ether oxygens (including phenoxy) is 1. The molecule has 0 bridgehead atoms. The van der Waals surface area contributed by atoms with E-state index in [2.05, 4.69) is 24.4 Å². The van der Waals surface area contributed by atoms with E-state index in [9.17, 15) is 0 Å². The summed E-state index contributed by atoms with van der Waals surface area (Å²) in [5.74, 6) is 0.988. The maximum absolute atomic E-state index is 5.76. The molecule has 2 heteroatoms. The van der Waals surface area contributed by atoms with Gasteiger partial charge in [0.05, 0.1) is 0 Å². The van der Waals surface area contributed by atoms with Gasteiger partial charge in [-0.3, -0.25) is 0 Å². The summed E-state index contributed by atoms with van der Waals surface area (Å²) >= 11 is 0. The van der Waals surface area contributed by atoms with E-state index in [0.29, 0.717) is 6.04 Å². The number of piperidine rings is 1. The molecule has 1 atom stereocenters. The van der Waals surface area contributed by atoms with Crippen LogP contribution in [0.1, 0.15) is 24.8 Å². The minimum absolute atomic E-state index is 0.541. The van der Waals surface area contributed by atoms with Gasteiger partial charge in [-0.05, 0) is 44.0 Å². The zero-order valence-corrected chi connectivity index (χ0v) is 9.33. The van der Waals surface area contributed by atoms with Crippen molar-refractivity contribution in [1.82, 2.24) is 5.32 Å². The smallest absolute Gasteiger partial charge is 0.119 e. The molecule has 1 N–H and O–H groups in total. The van der Waals surface area contributed by atoms with E-state index in [1.165, 1.54) is 24.8 Å². The summed E-state index contributed by atoms with van der Waals surface area (Å²) in [6.45, 7) is 4.02. The zero-order valence-electron chi connectivity index (χ0n) is 9.33. The fraction of sp³-hybridized carbons (Fsp3) is 0.538. The van der Waals surface area contributed by atoms with Crippen LogP contribution in [0.2, 0.25) is 0 Å². The zero-order chi connectivity index (χ0) is 10.5. The lowest BCUT2D eigenvalue weighted by molar-refractivity contribution is 0.239. The summed E-state index contributed by atoms with van der Waals surface area (Å²) in [5, 5.41) is 3.48. The molecule has 1 aromatic carbocycles. The van der Waals surface area contributed by atoms with E-state index in [1.807, 2.05) is 12.1 Å². The fourth-order valence-corrected chi connectivity index (χ4v) is 1.97. The van der Waals surface area contributed by atoms with Crippen LogP contribution >= 0.6 is 0 Å². The second-order valence-corrected chi connectivity index (χ2v) is 4.27. The van der Waals surface area contributed by atoms with Crippen LogP contribution in [0.15, 0.2) is 24.3 Å². The van der Waals surface area contributed by atoms with Gasteiger partial charge in [-0.1, -0.05) is 18.6 Å². The van der Waals surface area contributed by atoms with Gasteiger partial charge in [0.2, 0.25) is 0 Å². The molecule has 2 nitrogen and oxygen atoms in total. The fourth-order valence-electron chi connectivity index (χ4n) is 1.97. The van der Waals surface area contributed by atoms with Crippen LogP contribution in [-0.2, 0) is 0 Å². The average Bonchev–Trinajstić information content (AvgIpc) is 2.28. The third-order valence-electron chi connectivity index (χ3n) is 2.85. The maximum Gasteiger partial charge on any atom is 0.119 e. The van der Waals surface area contributed by atoms with Crippen molar-refractivity contribution in [2.45, 2.75) is 32.2 Å². The van der Waals surface area contributed by atoms with Crippen molar-refractivity contribution < 1.29 is 4.74 Å². The van der Waals surface area contributed by atoms with Crippen LogP contribution in [0.4, 0.5) is 0 Å². The Balaban J connectivity index is 1.81. The van der Waals surface area contributed by atoms with Gasteiger partial charge >= 0.3 is 0 Å². The van der Waals surface area contributed by atoms with Crippen molar-refractivity contribution in [3.63, 3.8) is 0 Å². The van der Waals surface area contributed by atoms with E-state index >= 15 is 0 Å². The van der Waals surface area contributed by atoms with E-state index in [-0.39, 0.29) is 0 Å². The molecule has 15 heavy (non-hydrogen) atoms. The first-order valence-electron chi connectivity index (χ1n) is 5.77. The van der Waals surface area contributed by atoms with Crippen LogP contribution in [0.3, 0.4) is 0 Å². The molecule has 1 unspecified atom stereocenters. The Labute approximate surface area is 91.6 Å². The summed E-state index contributed by atoms with van der Waals surface area (Å²) < 4.78 is 5.76. The predicted molar refractivity (Wildman–Crippen MR) is 62.3 cm³/mol. The third kappa shape index (κ3) is 3.24. The second kappa shape index (κ2) is 5.17. The summed E-state index contributed by atoms with van der Waals surface area (Å²) in [6, 6.07) is 8.78. The molecule has 1 aliphatic heterocycles. The number of hydrogen-bond acceptors (Lipinski definition) is 2. The van der Waals surface area contributed by atoms with Crippen molar-refractivity contribution in [1.29, 1.82) is 0 Å². The quantitative estimate of drug-likeness (QED) is 0.818. The Kier molecular flexibility index (Phi) is 3.62.